The Kier molecular flexibility index (Phi) is 2.66. The summed E-state index contributed by atoms with van der Waals surface area (Å²) >= 11 is 2.15. The van der Waals surface area contributed by atoms with Crippen LogP contribution >= 0.6 is 11.8 Å². The van der Waals surface area contributed by atoms with Crippen molar-refractivity contribution in [1.29, 1.82) is 0 Å². The van der Waals surface area contributed by atoms with Gasteiger partial charge in [-0.25, -0.2) is 0 Å². The fraction of sp³-hybridized carbons (Fsp3) is 1.00. The van der Waals surface area contributed by atoms with Crippen LogP contribution in [0.25, 0.3) is 0 Å². The summed E-state index contributed by atoms with van der Waals surface area (Å²) in [4.78, 5) is 0. The van der Waals surface area contributed by atoms with Gasteiger partial charge in [0.25, 0.3) is 0 Å². The summed E-state index contributed by atoms with van der Waals surface area (Å²) in [5.41, 5.74) is 0.238. The first kappa shape index (κ1) is 8.89. The van der Waals surface area contributed by atoms with Crippen LogP contribution in [0.4, 0.5) is 0 Å². The molecular weight excluding hydrogens is 168 g/mol. The number of rotatable bonds is 2. The number of hydrogen-bond donors (Lipinski definition) is 0. The lowest BCUT2D eigenvalue weighted by molar-refractivity contribution is 0.0130. The molecule has 0 aliphatic carbocycles. The zero-order valence-corrected chi connectivity index (χ0v) is 8.66. The van der Waals surface area contributed by atoms with E-state index in [4.69, 9.17) is 4.74 Å². The molecule has 2 rings (SSSR count). The molecule has 0 aromatic heterocycles. The van der Waals surface area contributed by atoms with Gasteiger partial charge in [0, 0.05) is 11.9 Å². The fourth-order valence-electron chi connectivity index (χ4n) is 2.28. The first-order valence-corrected chi connectivity index (χ1v) is 6.09. The van der Waals surface area contributed by atoms with Gasteiger partial charge in [-0.3, -0.25) is 0 Å². The summed E-state index contributed by atoms with van der Waals surface area (Å²) in [6.45, 7) is 3.28. The highest BCUT2D eigenvalue weighted by Crippen LogP contribution is 2.37. The summed E-state index contributed by atoms with van der Waals surface area (Å²) in [5.74, 6) is 1.38. The molecule has 0 aromatic carbocycles. The monoisotopic (exact) mass is 186 g/mol. The van der Waals surface area contributed by atoms with Crippen LogP contribution in [0.2, 0.25) is 0 Å². The van der Waals surface area contributed by atoms with Gasteiger partial charge >= 0.3 is 0 Å². The van der Waals surface area contributed by atoms with Crippen LogP contribution in [-0.2, 0) is 4.74 Å². The minimum absolute atomic E-state index is 0.238. The molecule has 12 heavy (non-hydrogen) atoms. The van der Waals surface area contributed by atoms with Gasteiger partial charge in [-0.1, -0.05) is 0 Å². The average Bonchev–Trinajstić information content (AvgIpc) is 2.62. The van der Waals surface area contributed by atoms with Gasteiger partial charge < -0.3 is 4.74 Å². The van der Waals surface area contributed by atoms with Crippen molar-refractivity contribution < 1.29 is 4.74 Å². The molecule has 2 saturated heterocycles. The van der Waals surface area contributed by atoms with Gasteiger partial charge in [-0.2, -0.15) is 11.8 Å². The van der Waals surface area contributed by atoms with E-state index in [1.807, 2.05) is 0 Å². The Morgan fingerprint density at radius 2 is 2.42 bits per heavy atom. The molecule has 0 saturated carbocycles. The van der Waals surface area contributed by atoms with Gasteiger partial charge in [0.05, 0.1) is 5.60 Å². The lowest BCUT2D eigenvalue weighted by Crippen LogP contribution is -2.26. The Balaban J connectivity index is 1.83. The Morgan fingerprint density at radius 1 is 1.50 bits per heavy atom. The van der Waals surface area contributed by atoms with Crippen LogP contribution in [0, 0.1) is 0 Å². The number of ether oxygens (including phenoxy) is 1. The van der Waals surface area contributed by atoms with Gasteiger partial charge in [0.2, 0.25) is 0 Å². The minimum Gasteiger partial charge on any atom is -0.375 e. The van der Waals surface area contributed by atoms with E-state index in [9.17, 15) is 0 Å². The Bertz CT molecular complexity index is 146. The third-order valence-corrected chi connectivity index (χ3v) is 4.38. The molecule has 2 aliphatic heterocycles. The minimum atomic E-state index is 0.238. The number of hydrogen-bond acceptors (Lipinski definition) is 2. The van der Waals surface area contributed by atoms with E-state index in [0.717, 1.165) is 11.9 Å². The van der Waals surface area contributed by atoms with Crippen molar-refractivity contribution in [2.24, 2.45) is 0 Å². The lowest BCUT2D eigenvalue weighted by Gasteiger charge is -2.25. The van der Waals surface area contributed by atoms with Crippen LogP contribution in [-0.4, -0.2) is 23.2 Å². The van der Waals surface area contributed by atoms with Crippen LogP contribution < -0.4 is 0 Å². The molecule has 2 heteroatoms. The first-order valence-electron chi connectivity index (χ1n) is 5.04. The van der Waals surface area contributed by atoms with E-state index in [0.29, 0.717) is 0 Å². The van der Waals surface area contributed by atoms with E-state index in [-0.39, 0.29) is 5.60 Å². The maximum absolute atomic E-state index is 5.79. The predicted molar refractivity (Wildman–Crippen MR) is 53.7 cm³/mol. The molecular formula is C10H18OS. The van der Waals surface area contributed by atoms with Crippen molar-refractivity contribution in [2.45, 2.75) is 49.9 Å². The van der Waals surface area contributed by atoms with E-state index < -0.39 is 0 Å². The second-order valence-electron chi connectivity index (χ2n) is 4.24. The third-order valence-electron chi connectivity index (χ3n) is 2.98. The maximum Gasteiger partial charge on any atom is 0.0665 e. The standard InChI is InChI=1S/C10H18OS/c1-10(5-3-6-11-10)8-9-4-2-7-12-9/h9H,2-8H2,1H3. The van der Waals surface area contributed by atoms with Gasteiger partial charge in [0.15, 0.2) is 0 Å². The van der Waals surface area contributed by atoms with Crippen molar-refractivity contribution in [1.82, 2.24) is 0 Å². The summed E-state index contributed by atoms with van der Waals surface area (Å²) in [6, 6.07) is 0. The first-order chi connectivity index (χ1) is 5.79. The maximum atomic E-state index is 5.79. The molecule has 0 radical (unpaired) electrons. The van der Waals surface area contributed by atoms with Crippen molar-refractivity contribution in [3.63, 3.8) is 0 Å². The number of thioether (sulfide) groups is 1. The van der Waals surface area contributed by atoms with Gasteiger partial charge in [-0.05, 0) is 44.8 Å². The average molecular weight is 186 g/mol. The molecule has 2 aliphatic rings. The van der Waals surface area contributed by atoms with Crippen LogP contribution in [0.1, 0.15) is 39.0 Å². The molecule has 2 atom stereocenters. The Morgan fingerprint density at radius 3 is 3.00 bits per heavy atom. The summed E-state index contributed by atoms with van der Waals surface area (Å²) < 4.78 is 5.79. The van der Waals surface area contributed by atoms with Crippen molar-refractivity contribution in [3.8, 4) is 0 Å². The highest BCUT2D eigenvalue weighted by atomic mass is 32.2. The SMILES string of the molecule is CC1(CC2CCCS2)CCCO1. The van der Waals surface area contributed by atoms with Crippen molar-refractivity contribution in [2.75, 3.05) is 12.4 Å². The summed E-state index contributed by atoms with van der Waals surface area (Å²) in [6.07, 6.45) is 6.69. The smallest absolute Gasteiger partial charge is 0.0665 e. The molecule has 0 amide bonds. The molecule has 0 spiro atoms. The second kappa shape index (κ2) is 3.59. The van der Waals surface area contributed by atoms with Gasteiger partial charge in [0.1, 0.15) is 0 Å². The van der Waals surface area contributed by atoms with E-state index in [1.165, 1.54) is 37.9 Å². The van der Waals surface area contributed by atoms with Crippen molar-refractivity contribution in [3.05, 3.63) is 0 Å². The molecule has 0 bridgehead atoms. The third kappa shape index (κ3) is 1.97. The van der Waals surface area contributed by atoms with Crippen LogP contribution in [0.5, 0.6) is 0 Å². The fourth-order valence-corrected chi connectivity index (χ4v) is 3.76. The second-order valence-corrected chi connectivity index (χ2v) is 5.65. The molecule has 0 N–H and O–H groups in total. The molecule has 2 fully saturated rings. The summed E-state index contributed by atoms with van der Waals surface area (Å²) in [7, 11) is 0. The zero-order chi connectivity index (χ0) is 8.44. The quantitative estimate of drug-likeness (QED) is 0.656. The Hall–Kier alpha value is 0.310. The van der Waals surface area contributed by atoms with E-state index in [1.54, 1.807) is 0 Å². The normalized spacial score (nSPS) is 42.2. The van der Waals surface area contributed by atoms with Crippen LogP contribution in [0.3, 0.4) is 0 Å². The highest BCUT2D eigenvalue weighted by Gasteiger charge is 2.33. The van der Waals surface area contributed by atoms with Crippen molar-refractivity contribution >= 4 is 11.8 Å². The highest BCUT2D eigenvalue weighted by molar-refractivity contribution is 8.00. The molecule has 1 nitrogen and oxygen atoms in total. The molecule has 2 unspecified atom stereocenters. The molecule has 2 heterocycles. The Labute approximate surface area is 79.2 Å². The summed E-state index contributed by atoms with van der Waals surface area (Å²) in [5, 5.41) is 0.896. The van der Waals surface area contributed by atoms with E-state index >= 15 is 0 Å². The van der Waals surface area contributed by atoms with E-state index in [2.05, 4.69) is 18.7 Å². The predicted octanol–water partition coefficient (Wildman–Crippen LogP) is 2.84. The lowest BCUT2D eigenvalue weighted by atomic mass is 9.95. The van der Waals surface area contributed by atoms with Crippen LogP contribution in [0.15, 0.2) is 0 Å². The zero-order valence-electron chi connectivity index (χ0n) is 7.84. The largest absolute Gasteiger partial charge is 0.375 e. The molecule has 0 aromatic rings. The molecule has 70 valence electrons. The topological polar surface area (TPSA) is 9.23 Å². The van der Waals surface area contributed by atoms with Gasteiger partial charge in [-0.15, -0.1) is 0 Å².